The molecule has 2 amide bonds. The molecule has 1 atom stereocenters. The van der Waals surface area contributed by atoms with Crippen molar-refractivity contribution in [3.63, 3.8) is 0 Å². The topological polar surface area (TPSA) is 41.1 Å². The van der Waals surface area contributed by atoms with Crippen molar-refractivity contribution in [3.8, 4) is 0 Å². The first-order valence-corrected chi connectivity index (χ1v) is 8.05. The second-order valence-corrected chi connectivity index (χ2v) is 5.47. The van der Waals surface area contributed by atoms with E-state index >= 15 is 0 Å². The molecule has 1 unspecified atom stereocenters. The van der Waals surface area contributed by atoms with E-state index in [1.165, 1.54) is 0 Å². The lowest BCUT2D eigenvalue weighted by atomic mass is 9.98. The molecule has 23 heavy (non-hydrogen) atoms. The summed E-state index contributed by atoms with van der Waals surface area (Å²) in [4.78, 5) is 11.9. The van der Waals surface area contributed by atoms with Gasteiger partial charge in [0.2, 0.25) is 0 Å². The molecule has 0 heterocycles. The lowest BCUT2D eigenvalue weighted by molar-refractivity contribution is 0.236. The van der Waals surface area contributed by atoms with Crippen LogP contribution in [0, 0.1) is 0 Å². The van der Waals surface area contributed by atoms with Crippen LogP contribution in [0.25, 0.3) is 0 Å². The van der Waals surface area contributed by atoms with Crippen LogP contribution in [0.5, 0.6) is 0 Å². The summed E-state index contributed by atoms with van der Waals surface area (Å²) in [5.74, 6) is 0.452. The van der Waals surface area contributed by atoms with Gasteiger partial charge in [0, 0.05) is 12.4 Å². The predicted molar refractivity (Wildman–Crippen MR) is 91.4 cm³/mol. The van der Waals surface area contributed by atoms with E-state index in [4.69, 9.17) is 11.6 Å². The maximum absolute atomic E-state index is 12.2. The molecule has 2 N–H and O–H groups in total. The van der Waals surface area contributed by atoms with E-state index in [0.29, 0.717) is 12.3 Å². The van der Waals surface area contributed by atoms with Gasteiger partial charge in [0.25, 0.3) is 0 Å². The number of hydrogen-bond acceptors (Lipinski definition) is 1. The van der Waals surface area contributed by atoms with Crippen LogP contribution in [0.4, 0.5) is 9.18 Å². The third kappa shape index (κ3) is 5.57. The first-order chi connectivity index (χ1) is 11.2. The maximum Gasteiger partial charge on any atom is 0.315 e. The first kappa shape index (κ1) is 17.3. The van der Waals surface area contributed by atoms with Crippen molar-refractivity contribution < 1.29 is 9.18 Å². The van der Waals surface area contributed by atoms with E-state index in [9.17, 15) is 9.18 Å². The smallest absolute Gasteiger partial charge is 0.315 e. The molecule has 0 spiro atoms. The molecule has 2 aromatic carbocycles. The van der Waals surface area contributed by atoms with E-state index in [0.717, 1.165) is 16.7 Å². The fourth-order valence-electron chi connectivity index (χ4n) is 2.31. The van der Waals surface area contributed by atoms with Crippen LogP contribution in [-0.4, -0.2) is 19.3 Å². The van der Waals surface area contributed by atoms with Crippen molar-refractivity contribution in [2.45, 2.75) is 18.3 Å². The second kappa shape index (κ2) is 9.16. The molecule has 0 aliphatic carbocycles. The van der Waals surface area contributed by atoms with Crippen molar-refractivity contribution in [1.82, 2.24) is 10.6 Å². The summed E-state index contributed by atoms with van der Waals surface area (Å²) >= 11 is 5.81. The molecule has 2 aromatic rings. The summed E-state index contributed by atoms with van der Waals surface area (Å²) in [6.07, 6.45) is 0.657. The number of hydrogen-bond donors (Lipinski definition) is 2. The van der Waals surface area contributed by atoms with Gasteiger partial charge in [-0.2, -0.15) is 0 Å². The van der Waals surface area contributed by atoms with Crippen LogP contribution >= 0.6 is 11.6 Å². The van der Waals surface area contributed by atoms with Crippen LogP contribution in [0.15, 0.2) is 54.6 Å². The third-order valence-corrected chi connectivity index (χ3v) is 3.81. The molecule has 3 nitrogen and oxygen atoms in total. The van der Waals surface area contributed by atoms with Crippen LogP contribution in [0.3, 0.4) is 0 Å². The summed E-state index contributed by atoms with van der Waals surface area (Å²) < 4.78 is 12.2. The number of nitrogens with one attached hydrogen (secondary N) is 2. The van der Waals surface area contributed by atoms with E-state index in [1.807, 2.05) is 54.6 Å². The number of carbonyl (C=O) groups excluding carboxylic acids is 1. The molecule has 0 saturated carbocycles. The van der Waals surface area contributed by atoms with E-state index in [1.54, 1.807) is 0 Å². The quantitative estimate of drug-likeness (QED) is 0.739. The zero-order valence-corrected chi connectivity index (χ0v) is 13.5. The Morgan fingerprint density at radius 1 is 1.04 bits per heavy atom. The van der Waals surface area contributed by atoms with E-state index in [-0.39, 0.29) is 18.6 Å². The molecule has 0 bridgehead atoms. The Balaban J connectivity index is 2.14. The second-order valence-electron chi connectivity index (χ2n) is 5.21. The average Bonchev–Trinajstić information content (AvgIpc) is 2.60. The first-order valence-electron chi connectivity index (χ1n) is 7.52. The molecule has 5 heteroatoms. The van der Waals surface area contributed by atoms with Gasteiger partial charge in [0.1, 0.15) is 6.67 Å². The summed E-state index contributed by atoms with van der Waals surface area (Å²) in [6, 6.07) is 17.2. The minimum atomic E-state index is -0.582. The van der Waals surface area contributed by atoms with Crippen molar-refractivity contribution in [1.29, 1.82) is 0 Å². The van der Waals surface area contributed by atoms with Crippen LogP contribution in [0.1, 0.15) is 22.7 Å². The molecular formula is C18H20ClFN2O. The third-order valence-electron chi connectivity index (χ3n) is 3.50. The monoisotopic (exact) mass is 334 g/mol. The number of alkyl halides is 2. The van der Waals surface area contributed by atoms with Crippen molar-refractivity contribution >= 4 is 17.6 Å². The number of urea groups is 1. The molecule has 0 aromatic heterocycles. The van der Waals surface area contributed by atoms with Gasteiger partial charge in [-0.05, 0) is 23.1 Å². The van der Waals surface area contributed by atoms with Gasteiger partial charge in [-0.15, -0.1) is 11.6 Å². The number of carbonyl (C=O) groups is 1. The summed E-state index contributed by atoms with van der Waals surface area (Å²) in [5.41, 5.74) is 3.12. The van der Waals surface area contributed by atoms with E-state index < -0.39 is 6.67 Å². The number of amides is 2. The largest absolute Gasteiger partial charge is 0.336 e. The zero-order valence-electron chi connectivity index (χ0n) is 12.8. The van der Waals surface area contributed by atoms with Crippen LogP contribution < -0.4 is 10.6 Å². The Morgan fingerprint density at radius 3 is 2.35 bits per heavy atom. The molecule has 0 saturated heterocycles. The highest BCUT2D eigenvalue weighted by Crippen LogP contribution is 2.19. The van der Waals surface area contributed by atoms with Gasteiger partial charge < -0.3 is 10.6 Å². The fraction of sp³-hybridized carbons (Fsp3) is 0.278. The molecular weight excluding hydrogens is 315 g/mol. The zero-order chi connectivity index (χ0) is 16.5. The number of halogens is 2. The molecule has 0 aliphatic rings. The van der Waals surface area contributed by atoms with E-state index in [2.05, 4.69) is 10.6 Å². The highest BCUT2D eigenvalue weighted by atomic mass is 35.5. The lowest BCUT2D eigenvalue weighted by Gasteiger charge is -2.20. The SMILES string of the molecule is O=C(NCCF)NC(Cc1ccccc1)c1ccc(CCl)cc1. The van der Waals surface area contributed by atoms with Gasteiger partial charge in [0.05, 0.1) is 6.04 Å². The van der Waals surface area contributed by atoms with Crippen LogP contribution in [0.2, 0.25) is 0 Å². The Hall–Kier alpha value is -2.07. The summed E-state index contributed by atoms with van der Waals surface area (Å²) in [6.45, 7) is -0.573. The van der Waals surface area contributed by atoms with Crippen molar-refractivity contribution in [2.24, 2.45) is 0 Å². The van der Waals surface area contributed by atoms with Gasteiger partial charge in [-0.25, -0.2) is 9.18 Å². The summed E-state index contributed by atoms with van der Waals surface area (Å²) in [5, 5.41) is 5.40. The molecule has 122 valence electrons. The normalized spacial score (nSPS) is 11.7. The Bertz CT molecular complexity index is 604. The van der Waals surface area contributed by atoms with Gasteiger partial charge >= 0.3 is 6.03 Å². The summed E-state index contributed by atoms with van der Waals surface area (Å²) in [7, 11) is 0. The van der Waals surface area contributed by atoms with Crippen molar-refractivity contribution in [2.75, 3.05) is 13.2 Å². The lowest BCUT2D eigenvalue weighted by Crippen LogP contribution is -2.39. The standard InChI is InChI=1S/C18H20ClFN2O/c19-13-15-6-8-16(9-7-15)17(22-18(23)21-11-10-20)12-14-4-2-1-3-5-14/h1-9,17H,10-13H2,(H2,21,22,23). The predicted octanol–water partition coefficient (Wildman–Crippen LogP) is 3.98. The Kier molecular flexibility index (Phi) is 6.88. The highest BCUT2D eigenvalue weighted by molar-refractivity contribution is 6.17. The maximum atomic E-state index is 12.2. The molecule has 0 radical (unpaired) electrons. The Morgan fingerprint density at radius 2 is 1.74 bits per heavy atom. The van der Waals surface area contributed by atoms with Crippen molar-refractivity contribution in [3.05, 3.63) is 71.3 Å². The molecule has 0 aliphatic heterocycles. The Labute approximate surface area is 140 Å². The van der Waals surface area contributed by atoms with Gasteiger partial charge in [-0.1, -0.05) is 54.6 Å². The number of benzene rings is 2. The van der Waals surface area contributed by atoms with Gasteiger partial charge in [-0.3, -0.25) is 0 Å². The highest BCUT2D eigenvalue weighted by Gasteiger charge is 2.15. The molecule has 2 rings (SSSR count). The van der Waals surface area contributed by atoms with Gasteiger partial charge in [0.15, 0.2) is 0 Å². The number of rotatable bonds is 7. The van der Waals surface area contributed by atoms with Crippen LogP contribution in [-0.2, 0) is 12.3 Å². The minimum absolute atomic E-state index is 0.00900. The molecule has 0 fully saturated rings. The average molecular weight is 335 g/mol. The fourth-order valence-corrected chi connectivity index (χ4v) is 2.49. The minimum Gasteiger partial charge on any atom is -0.336 e.